The third-order valence-corrected chi connectivity index (χ3v) is 8.14. The number of rotatable bonds is 7. The lowest BCUT2D eigenvalue weighted by atomic mass is 9.73. The van der Waals surface area contributed by atoms with Crippen LogP contribution in [0.2, 0.25) is 0 Å². The van der Waals surface area contributed by atoms with Gasteiger partial charge in [0.1, 0.15) is 23.5 Å². The zero-order valence-electron chi connectivity index (χ0n) is 23.8. The molecule has 1 aliphatic heterocycles. The monoisotopic (exact) mass is 593 g/mol. The SMILES string of the molecule is COC(=O)NC1C(C)CC(c2ccncc2Nc2ncc3ccc(-c4c(F)cc(OC5CCOC5)cc4F)nn23)CC1N. The van der Waals surface area contributed by atoms with Crippen LogP contribution in [0.15, 0.2) is 48.9 Å². The molecule has 4 heterocycles. The Hall–Kier alpha value is -4.36. The predicted octanol–water partition coefficient (Wildman–Crippen LogP) is 4.55. The van der Waals surface area contributed by atoms with Crippen molar-refractivity contribution in [3.05, 3.63) is 66.1 Å². The zero-order valence-corrected chi connectivity index (χ0v) is 23.8. The van der Waals surface area contributed by atoms with Gasteiger partial charge in [0, 0.05) is 36.8 Å². The van der Waals surface area contributed by atoms with E-state index < -0.39 is 17.7 Å². The lowest BCUT2D eigenvalue weighted by molar-refractivity contribution is 0.141. The summed E-state index contributed by atoms with van der Waals surface area (Å²) in [4.78, 5) is 20.6. The van der Waals surface area contributed by atoms with Gasteiger partial charge in [-0.2, -0.15) is 9.61 Å². The van der Waals surface area contributed by atoms with E-state index in [-0.39, 0.29) is 47.0 Å². The molecule has 226 valence electrons. The number of nitrogens with two attached hydrogens (primary N) is 1. The number of hydrogen-bond acceptors (Lipinski definition) is 9. The van der Waals surface area contributed by atoms with Gasteiger partial charge in [-0.3, -0.25) is 4.98 Å². The number of amides is 1. The molecule has 2 fully saturated rings. The number of nitrogens with zero attached hydrogens (tertiary/aromatic N) is 4. The molecule has 3 aromatic heterocycles. The van der Waals surface area contributed by atoms with Crippen molar-refractivity contribution >= 4 is 23.2 Å². The average molecular weight is 594 g/mol. The molecule has 6 rings (SSSR count). The van der Waals surface area contributed by atoms with Crippen molar-refractivity contribution in [2.45, 2.75) is 50.3 Å². The van der Waals surface area contributed by atoms with Gasteiger partial charge in [-0.25, -0.2) is 18.6 Å². The summed E-state index contributed by atoms with van der Waals surface area (Å²) in [6.45, 7) is 2.99. The van der Waals surface area contributed by atoms with Crippen LogP contribution in [0.3, 0.4) is 0 Å². The average Bonchev–Trinajstić information content (AvgIpc) is 3.64. The maximum Gasteiger partial charge on any atom is 0.407 e. The highest BCUT2D eigenvalue weighted by Crippen LogP contribution is 2.39. The largest absolute Gasteiger partial charge is 0.488 e. The van der Waals surface area contributed by atoms with Gasteiger partial charge in [0.25, 0.3) is 0 Å². The number of nitrogens with one attached hydrogen (secondary N) is 2. The number of imidazole rings is 1. The van der Waals surface area contributed by atoms with E-state index in [0.29, 0.717) is 43.2 Å². The smallest absolute Gasteiger partial charge is 0.407 e. The molecule has 0 spiro atoms. The highest BCUT2D eigenvalue weighted by Gasteiger charge is 2.36. The van der Waals surface area contributed by atoms with E-state index in [1.165, 1.54) is 23.8 Å². The van der Waals surface area contributed by atoms with Crippen LogP contribution in [-0.2, 0) is 9.47 Å². The molecule has 0 radical (unpaired) electrons. The van der Waals surface area contributed by atoms with Crippen molar-refractivity contribution in [2.75, 3.05) is 25.6 Å². The standard InChI is InChI=1S/C30H33F2N7O4/c1-16-9-17(10-24(33)28(16)37-30(40)41-2)21-5-7-34-14-26(21)36-29-35-13-18-3-4-25(38-39(18)29)27-22(31)11-20(12-23(27)32)43-19-6-8-42-15-19/h3-5,7,11-14,16-17,19,24,28H,6,8-10,15,33H2,1-2H3,(H,35,36)(H,37,40). The number of anilines is 2. The normalized spacial score (nSPS) is 23.7. The first-order valence-corrected chi connectivity index (χ1v) is 14.2. The van der Waals surface area contributed by atoms with Crippen molar-refractivity contribution in [1.29, 1.82) is 0 Å². The van der Waals surface area contributed by atoms with Crippen molar-refractivity contribution in [2.24, 2.45) is 11.7 Å². The maximum atomic E-state index is 15.2. The fourth-order valence-corrected chi connectivity index (χ4v) is 6.04. The third kappa shape index (κ3) is 5.95. The molecule has 11 nitrogen and oxygen atoms in total. The van der Waals surface area contributed by atoms with Gasteiger partial charge in [-0.1, -0.05) is 6.92 Å². The summed E-state index contributed by atoms with van der Waals surface area (Å²) >= 11 is 0. The molecule has 2 aliphatic rings. The van der Waals surface area contributed by atoms with Gasteiger partial charge in [-0.15, -0.1) is 0 Å². The summed E-state index contributed by atoms with van der Waals surface area (Å²) in [7, 11) is 1.33. The lowest BCUT2D eigenvalue weighted by Gasteiger charge is -2.39. The van der Waals surface area contributed by atoms with Crippen molar-refractivity contribution in [1.82, 2.24) is 24.9 Å². The van der Waals surface area contributed by atoms with Gasteiger partial charge in [0.05, 0.1) is 55.2 Å². The summed E-state index contributed by atoms with van der Waals surface area (Å²) in [6.07, 6.45) is 6.37. The van der Waals surface area contributed by atoms with Crippen LogP contribution in [0.5, 0.6) is 5.75 Å². The first-order valence-electron chi connectivity index (χ1n) is 14.2. The number of ether oxygens (including phenoxy) is 3. The third-order valence-electron chi connectivity index (χ3n) is 8.14. The van der Waals surface area contributed by atoms with E-state index in [2.05, 4.69) is 32.6 Å². The Labute approximate surface area is 246 Å². The number of aromatic nitrogens is 4. The summed E-state index contributed by atoms with van der Waals surface area (Å²) < 4.78 is 47.6. The van der Waals surface area contributed by atoms with Crippen LogP contribution in [0.1, 0.15) is 37.7 Å². The number of alkyl carbamates (subject to hydrolysis) is 1. The molecular formula is C30H33F2N7O4. The highest BCUT2D eigenvalue weighted by atomic mass is 19.1. The molecule has 5 unspecified atom stereocenters. The van der Waals surface area contributed by atoms with Crippen LogP contribution < -0.4 is 21.1 Å². The Balaban J connectivity index is 1.25. The Morgan fingerprint density at radius 1 is 1.16 bits per heavy atom. The van der Waals surface area contributed by atoms with E-state index in [4.69, 9.17) is 19.9 Å². The van der Waals surface area contributed by atoms with Gasteiger partial charge in [-0.05, 0) is 48.4 Å². The molecule has 43 heavy (non-hydrogen) atoms. The number of methoxy groups -OCH3 is 1. The van der Waals surface area contributed by atoms with E-state index in [1.54, 1.807) is 30.7 Å². The molecule has 1 aliphatic carbocycles. The van der Waals surface area contributed by atoms with E-state index in [1.807, 2.05) is 6.07 Å². The molecular weight excluding hydrogens is 560 g/mol. The van der Waals surface area contributed by atoms with E-state index in [0.717, 1.165) is 12.0 Å². The molecule has 1 amide bonds. The first-order chi connectivity index (χ1) is 20.8. The predicted molar refractivity (Wildman–Crippen MR) is 154 cm³/mol. The van der Waals surface area contributed by atoms with Crippen molar-refractivity contribution in [3.63, 3.8) is 0 Å². The summed E-state index contributed by atoms with van der Waals surface area (Å²) in [5.74, 6) is -0.931. The Morgan fingerprint density at radius 2 is 1.98 bits per heavy atom. The number of halogens is 2. The molecule has 1 aromatic carbocycles. The molecule has 5 atom stereocenters. The van der Waals surface area contributed by atoms with Gasteiger partial charge < -0.3 is 30.6 Å². The van der Waals surface area contributed by atoms with Crippen LogP contribution in [0.4, 0.5) is 25.2 Å². The van der Waals surface area contributed by atoms with Crippen molar-refractivity contribution < 1.29 is 27.8 Å². The van der Waals surface area contributed by atoms with Crippen LogP contribution in [-0.4, -0.2) is 64.2 Å². The second-order valence-electron chi connectivity index (χ2n) is 11.1. The van der Waals surface area contributed by atoms with Gasteiger partial charge >= 0.3 is 6.09 Å². The number of pyridine rings is 1. The Bertz CT molecular complexity index is 1590. The summed E-state index contributed by atoms with van der Waals surface area (Å²) in [5.41, 5.74) is 8.66. The fourth-order valence-electron chi connectivity index (χ4n) is 6.04. The molecule has 4 aromatic rings. The summed E-state index contributed by atoms with van der Waals surface area (Å²) in [6, 6.07) is 7.02. The van der Waals surface area contributed by atoms with E-state index in [9.17, 15) is 4.79 Å². The van der Waals surface area contributed by atoms with Crippen LogP contribution in [0, 0.1) is 17.6 Å². The fraction of sp³-hybridized carbons (Fsp3) is 0.400. The molecule has 0 bridgehead atoms. The number of carbonyl (C=O) groups excluding carboxylic acids is 1. The van der Waals surface area contributed by atoms with Crippen LogP contribution in [0.25, 0.3) is 16.8 Å². The van der Waals surface area contributed by atoms with Gasteiger partial charge in [0.2, 0.25) is 5.95 Å². The minimum absolute atomic E-state index is 0.0839. The van der Waals surface area contributed by atoms with Gasteiger partial charge in [0.15, 0.2) is 0 Å². The number of carbonyl (C=O) groups is 1. The lowest BCUT2D eigenvalue weighted by Crippen LogP contribution is -2.54. The molecule has 1 saturated heterocycles. The Kier molecular flexibility index (Phi) is 8.08. The molecule has 4 N–H and O–H groups in total. The first kappa shape index (κ1) is 28.7. The maximum absolute atomic E-state index is 15.2. The topological polar surface area (TPSA) is 138 Å². The van der Waals surface area contributed by atoms with E-state index >= 15 is 8.78 Å². The summed E-state index contributed by atoms with van der Waals surface area (Å²) in [5, 5.41) is 10.7. The minimum atomic E-state index is -0.785. The number of benzene rings is 1. The minimum Gasteiger partial charge on any atom is -0.488 e. The Morgan fingerprint density at radius 3 is 2.70 bits per heavy atom. The zero-order chi connectivity index (χ0) is 30.1. The second kappa shape index (κ2) is 12.1. The van der Waals surface area contributed by atoms with Crippen molar-refractivity contribution in [3.8, 4) is 17.0 Å². The number of fused-ring (bicyclic) bond motifs is 1. The molecule has 1 saturated carbocycles. The molecule has 13 heteroatoms. The quantitative estimate of drug-likeness (QED) is 0.282. The highest BCUT2D eigenvalue weighted by molar-refractivity contribution is 5.68. The van der Waals surface area contributed by atoms with Crippen LogP contribution >= 0.6 is 0 Å². The second-order valence-corrected chi connectivity index (χ2v) is 11.1. The number of hydrogen-bond donors (Lipinski definition) is 3.